The summed E-state index contributed by atoms with van der Waals surface area (Å²) in [5.74, 6) is 0.449. The Balaban J connectivity index is 1.83. The summed E-state index contributed by atoms with van der Waals surface area (Å²) >= 11 is 0. The van der Waals surface area contributed by atoms with Gasteiger partial charge in [0.2, 0.25) is 5.91 Å². The molecule has 0 aromatic carbocycles. The largest absolute Gasteiger partial charge is 0.382 e. The fourth-order valence-electron chi connectivity index (χ4n) is 1.93. The minimum Gasteiger partial charge on any atom is -0.382 e. The molecular formula is C10H18N2O3. The van der Waals surface area contributed by atoms with E-state index in [1.807, 2.05) is 4.90 Å². The molecule has 2 rings (SSSR count). The van der Waals surface area contributed by atoms with Gasteiger partial charge in [0, 0.05) is 33.3 Å². The van der Waals surface area contributed by atoms with Gasteiger partial charge in [-0.3, -0.25) is 4.79 Å². The monoisotopic (exact) mass is 214 g/mol. The van der Waals surface area contributed by atoms with Gasteiger partial charge in [0.05, 0.1) is 25.2 Å². The Hall–Kier alpha value is -0.650. The molecule has 5 nitrogen and oxygen atoms in total. The van der Waals surface area contributed by atoms with Gasteiger partial charge < -0.3 is 19.7 Å². The number of methoxy groups -OCH3 is 1. The summed E-state index contributed by atoms with van der Waals surface area (Å²) in [6.07, 6.45) is 0.0423. The van der Waals surface area contributed by atoms with E-state index in [0.717, 1.165) is 19.6 Å². The molecule has 1 N–H and O–H groups in total. The normalized spacial score (nSPS) is 27.5. The highest BCUT2D eigenvalue weighted by atomic mass is 16.5. The minimum absolute atomic E-state index is 0.0423. The fraction of sp³-hybridized carbons (Fsp3) is 0.900. The molecule has 1 atom stereocenters. The van der Waals surface area contributed by atoms with Crippen molar-refractivity contribution in [3.63, 3.8) is 0 Å². The van der Waals surface area contributed by atoms with E-state index in [0.29, 0.717) is 19.8 Å². The maximum Gasteiger partial charge on any atom is 0.228 e. The van der Waals surface area contributed by atoms with E-state index in [1.54, 1.807) is 7.11 Å². The third-order valence-electron chi connectivity index (χ3n) is 2.93. The molecule has 2 heterocycles. The van der Waals surface area contributed by atoms with Crippen LogP contribution >= 0.6 is 0 Å². The van der Waals surface area contributed by atoms with Gasteiger partial charge in [-0.1, -0.05) is 0 Å². The maximum atomic E-state index is 11.9. The van der Waals surface area contributed by atoms with Crippen molar-refractivity contribution in [3.8, 4) is 0 Å². The predicted molar refractivity (Wildman–Crippen MR) is 54.6 cm³/mol. The average Bonchev–Trinajstić information content (AvgIpc) is 2.16. The van der Waals surface area contributed by atoms with Crippen LogP contribution in [0, 0.1) is 5.92 Å². The van der Waals surface area contributed by atoms with Crippen molar-refractivity contribution < 1.29 is 14.3 Å². The van der Waals surface area contributed by atoms with E-state index in [4.69, 9.17) is 9.47 Å². The third kappa shape index (κ3) is 2.48. The summed E-state index contributed by atoms with van der Waals surface area (Å²) in [4.78, 5) is 13.8. The zero-order valence-electron chi connectivity index (χ0n) is 9.07. The number of carbonyl (C=O) groups excluding carboxylic acids is 1. The zero-order chi connectivity index (χ0) is 10.7. The number of hydrogen-bond donors (Lipinski definition) is 1. The molecule has 0 radical (unpaired) electrons. The summed E-state index contributed by atoms with van der Waals surface area (Å²) in [6.45, 7) is 4.22. The number of nitrogens with zero attached hydrogens (tertiary/aromatic N) is 1. The lowest BCUT2D eigenvalue weighted by atomic mass is 10.0. The van der Waals surface area contributed by atoms with Crippen LogP contribution in [0.5, 0.6) is 0 Å². The molecule has 0 saturated carbocycles. The molecule has 86 valence electrons. The number of amides is 1. The highest BCUT2D eigenvalue weighted by Gasteiger charge is 2.32. The zero-order valence-corrected chi connectivity index (χ0v) is 9.07. The van der Waals surface area contributed by atoms with Gasteiger partial charge in [0.25, 0.3) is 0 Å². The van der Waals surface area contributed by atoms with Crippen LogP contribution < -0.4 is 5.32 Å². The molecule has 0 spiro atoms. The standard InChI is InChI=1S/C10H18N2O3/c1-14-7-9-6-12(2-3-15-9)10(13)8-4-11-5-8/h8-9,11H,2-7H2,1H3. The van der Waals surface area contributed by atoms with Crippen molar-refractivity contribution in [1.29, 1.82) is 0 Å². The van der Waals surface area contributed by atoms with Gasteiger partial charge in [-0.15, -0.1) is 0 Å². The fourth-order valence-corrected chi connectivity index (χ4v) is 1.93. The number of ether oxygens (including phenoxy) is 2. The summed E-state index contributed by atoms with van der Waals surface area (Å²) in [7, 11) is 1.65. The molecule has 15 heavy (non-hydrogen) atoms. The second-order valence-corrected chi connectivity index (χ2v) is 4.09. The molecule has 1 amide bonds. The van der Waals surface area contributed by atoms with E-state index in [9.17, 15) is 4.79 Å². The van der Waals surface area contributed by atoms with E-state index in [1.165, 1.54) is 0 Å². The molecule has 2 aliphatic heterocycles. The molecule has 0 bridgehead atoms. The van der Waals surface area contributed by atoms with Crippen LogP contribution in [0.25, 0.3) is 0 Å². The van der Waals surface area contributed by atoms with Crippen molar-refractivity contribution in [2.45, 2.75) is 6.10 Å². The number of carbonyl (C=O) groups is 1. The van der Waals surface area contributed by atoms with Crippen molar-refractivity contribution in [1.82, 2.24) is 10.2 Å². The van der Waals surface area contributed by atoms with E-state index in [2.05, 4.69) is 5.32 Å². The molecule has 2 fully saturated rings. The van der Waals surface area contributed by atoms with Crippen LogP contribution in [0.3, 0.4) is 0 Å². The van der Waals surface area contributed by atoms with Crippen LogP contribution in [0.2, 0.25) is 0 Å². The number of rotatable bonds is 3. The number of hydrogen-bond acceptors (Lipinski definition) is 4. The molecular weight excluding hydrogens is 196 g/mol. The van der Waals surface area contributed by atoms with Crippen LogP contribution in [-0.4, -0.2) is 63.4 Å². The topological polar surface area (TPSA) is 50.8 Å². The van der Waals surface area contributed by atoms with Gasteiger partial charge in [0.15, 0.2) is 0 Å². The van der Waals surface area contributed by atoms with Gasteiger partial charge in [-0.25, -0.2) is 0 Å². The second kappa shape index (κ2) is 4.92. The molecule has 1 unspecified atom stereocenters. The first-order chi connectivity index (χ1) is 7.31. The van der Waals surface area contributed by atoms with Crippen molar-refractivity contribution in [2.24, 2.45) is 5.92 Å². The number of nitrogens with one attached hydrogen (secondary N) is 1. The predicted octanol–water partition coefficient (Wildman–Crippen LogP) is -0.920. The Morgan fingerprint density at radius 1 is 1.60 bits per heavy atom. The Labute approximate surface area is 89.7 Å². The summed E-state index contributed by atoms with van der Waals surface area (Å²) in [5.41, 5.74) is 0. The van der Waals surface area contributed by atoms with Crippen LogP contribution in [0.4, 0.5) is 0 Å². The Morgan fingerprint density at radius 2 is 2.40 bits per heavy atom. The average molecular weight is 214 g/mol. The van der Waals surface area contributed by atoms with Crippen molar-refractivity contribution in [3.05, 3.63) is 0 Å². The molecule has 0 aliphatic carbocycles. The first-order valence-corrected chi connectivity index (χ1v) is 5.41. The van der Waals surface area contributed by atoms with E-state index >= 15 is 0 Å². The quantitative estimate of drug-likeness (QED) is 0.660. The van der Waals surface area contributed by atoms with Gasteiger partial charge in [-0.05, 0) is 0 Å². The molecule has 0 aromatic heterocycles. The Morgan fingerprint density at radius 3 is 3.00 bits per heavy atom. The van der Waals surface area contributed by atoms with Crippen LogP contribution in [0.1, 0.15) is 0 Å². The first-order valence-electron chi connectivity index (χ1n) is 5.41. The highest BCUT2D eigenvalue weighted by molar-refractivity contribution is 5.80. The smallest absolute Gasteiger partial charge is 0.228 e. The molecule has 0 aromatic rings. The minimum atomic E-state index is 0.0423. The van der Waals surface area contributed by atoms with Crippen molar-refractivity contribution in [2.75, 3.05) is 46.5 Å². The van der Waals surface area contributed by atoms with Gasteiger partial charge in [0.1, 0.15) is 0 Å². The van der Waals surface area contributed by atoms with Crippen LogP contribution in [0.15, 0.2) is 0 Å². The third-order valence-corrected chi connectivity index (χ3v) is 2.93. The lowest BCUT2D eigenvalue weighted by Crippen LogP contribution is -2.56. The van der Waals surface area contributed by atoms with Crippen LogP contribution in [-0.2, 0) is 14.3 Å². The lowest BCUT2D eigenvalue weighted by Gasteiger charge is -2.37. The lowest BCUT2D eigenvalue weighted by molar-refractivity contribution is -0.146. The Kier molecular flexibility index (Phi) is 3.56. The maximum absolute atomic E-state index is 11.9. The Bertz CT molecular complexity index is 229. The SMILES string of the molecule is COCC1CN(C(=O)C2CNC2)CCO1. The van der Waals surface area contributed by atoms with Crippen molar-refractivity contribution >= 4 is 5.91 Å². The van der Waals surface area contributed by atoms with Gasteiger partial charge >= 0.3 is 0 Å². The second-order valence-electron chi connectivity index (χ2n) is 4.09. The summed E-state index contributed by atoms with van der Waals surface area (Å²) in [5, 5.41) is 3.11. The summed E-state index contributed by atoms with van der Waals surface area (Å²) < 4.78 is 10.5. The van der Waals surface area contributed by atoms with E-state index in [-0.39, 0.29) is 17.9 Å². The highest BCUT2D eigenvalue weighted by Crippen LogP contribution is 2.12. The molecule has 2 aliphatic rings. The molecule has 2 saturated heterocycles. The summed E-state index contributed by atoms with van der Waals surface area (Å²) in [6, 6.07) is 0. The number of morpholine rings is 1. The molecule has 5 heteroatoms. The van der Waals surface area contributed by atoms with E-state index < -0.39 is 0 Å². The van der Waals surface area contributed by atoms with Gasteiger partial charge in [-0.2, -0.15) is 0 Å². The first kappa shape index (κ1) is 10.9.